The first-order chi connectivity index (χ1) is 8.83. The summed E-state index contributed by atoms with van der Waals surface area (Å²) in [4.78, 5) is 2.33. The lowest BCUT2D eigenvalue weighted by molar-refractivity contribution is 0.337. The third-order valence-corrected chi connectivity index (χ3v) is 3.83. The minimum Gasteiger partial charge on any atom is -0.358 e. The zero-order chi connectivity index (χ0) is 13.1. The first-order valence-corrected chi connectivity index (χ1v) is 8.11. The van der Waals surface area contributed by atoms with Crippen LogP contribution < -0.4 is 0 Å². The highest BCUT2D eigenvalue weighted by Gasteiger charge is 2.07. The Morgan fingerprint density at radius 1 is 0.833 bits per heavy atom. The van der Waals surface area contributed by atoms with E-state index in [4.69, 9.17) is 0 Å². The van der Waals surface area contributed by atoms with Gasteiger partial charge in [-0.05, 0) is 6.42 Å². The van der Waals surface area contributed by atoms with Gasteiger partial charge in [0.25, 0.3) is 0 Å². The SMILES string of the molecule is CCCCCCCCCCCCN1C=CN(S)C1. The average Bonchev–Trinajstić information content (AvgIpc) is 2.77. The topological polar surface area (TPSA) is 6.48 Å². The lowest BCUT2D eigenvalue weighted by atomic mass is 10.1. The third-order valence-electron chi connectivity index (χ3n) is 3.57. The minimum absolute atomic E-state index is 0.945. The van der Waals surface area contributed by atoms with Crippen LogP contribution in [0.3, 0.4) is 0 Å². The van der Waals surface area contributed by atoms with Crippen LogP contribution in [0.1, 0.15) is 71.1 Å². The molecule has 1 rings (SSSR count). The zero-order valence-corrected chi connectivity index (χ0v) is 12.9. The lowest BCUT2D eigenvalue weighted by Gasteiger charge is -2.16. The van der Waals surface area contributed by atoms with Crippen LogP contribution in [0.2, 0.25) is 0 Å². The van der Waals surface area contributed by atoms with Crippen LogP contribution in [0, 0.1) is 0 Å². The zero-order valence-electron chi connectivity index (χ0n) is 12.0. The van der Waals surface area contributed by atoms with E-state index in [-0.39, 0.29) is 0 Å². The third kappa shape index (κ3) is 7.91. The summed E-state index contributed by atoms with van der Waals surface area (Å²) in [7, 11) is 0. The fourth-order valence-corrected chi connectivity index (χ4v) is 2.62. The van der Waals surface area contributed by atoms with Gasteiger partial charge in [0.1, 0.15) is 0 Å². The molecular formula is C15H30N2S. The number of hydrogen-bond donors (Lipinski definition) is 1. The number of thiol groups is 1. The first-order valence-electron chi connectivity index (χ1n) is 7.71. The Kier molecular flexibility index (Phi) is 9.27. The van der Waals surface area contributed by atoms with Crippen LogP contribution in [-0.4, -0.2) is 22.4 Å². The Labute approximate surface area is 119 Å². The molecule has 0 aromatic heterocycles. The standard InChI is InChI=1S/C15H30N2S/c1-2-3-4-5-6-7-8-9-10-11-12-16-13-14-17(18)15-16/h13-14,18H,2-12,15H2,1H3. The van der Waals surface area contributed by atoms with E-state index < -0.39 is 0 Å². The largest absolute Gasteiger partial charge is 0.358 e. The fraction of sp³-hybridized carbons (Fsp3) is 0.867. The quantitative estimate of drug-likeness (QED) is 0.425. The molecule has 0 aliphatic carbocycles. The van der Waals surface area contributed by atoms with Crippen molar-refractivity contribution in [3.63, 3.8) is 0 Å². The molecule has 0 bridgehead atoms. The Morgan fingerprint density at radius 2 is 1.39 bits per heavy atom. The number of unbranched alkanes of at least 4 members (excludes halogenated alkanes) is 9. The molecule has 0 unspecified atom stereocenters. The van der Waals surface area contributed by atoms with E-state index >= 15 is 0 Å². The highest BCUT2D eigenvalue weighted by Crippen LogP contribution is 2.12. The van der Waals surface area contributed by atoms with Crippen molar-refractivity contribution in [1.82, 2.24) is 9.21 Å². The van der Waals surface area contributed by atoms with E-state index in [1.165, 1.54) is 70.8 Å². The van der Waals surface area contributed by atoms with Crippen LogP contribution >= 0.6 is 12.8 Å². The predicted molar refractivity (Wildman–Crippen MR) is 83.4 cm³/mol. The predicted octanol–water partition coefficient (Wildman–Crippen LogP) is 4.80. The summed E-state index contributed by atoms with van der Waals surface area (Å²) in [5.74, 6) is 0. The Bertz CT molecular complexity index is 219. The van der Waals surface area contributed by atoms with Crippen molar-refractivity contribution in [2.75, 3.05) is 13.2 Å². The second kappa shape index (κ2) is 10.6. The van der Waals surface area contributed by atoms with E-state index in [1.54, 1.807) is 0 Å². The molecule has 3 heteroatoms. The van der Waals surface area contributed by atoms with Crippen LogP contribution in [0.5, 0.6) is 0 Å². The van der Waals surface area contributed by atoms with Gasteiger partial charge in [-0.2, -0.15) is 0 Å². The molecule has 2 nitrogen and oxygen atoms in total. The maximum Gasteiger partial charge on any atom is 0.0997 e. The Balaban J connectivity index is 1.75. The van der Waals surface area contributed by atoms with Gasteiger partial charge in [-0.25, -0.2) is 0 Å². The van der Waals surface area contributed by atoms with Gasteiger partial charge in [-0.3, -0.25) is 0 Å². The molecular weight excluding hydrogens is 240 g/mol. The van der Waals surface area contributed by atoms with Gasteiger partial charge in [0.2, 0.25) is 0 Å². The summed E-state index contributed by atoms with van der Waals surface area (Å²) in [5, 5.41) is 0. The molecule has 106 valence electrons. The van der Waals surface area contributed by atoms with Crippen molar-refractivity contribution in [2.45, 2.75) is 71.1 Å². The molecule has 18 heavy (non-hydrogen) atoms. The second-order valence-corrected chi connectivity index (χ2v) is 5.89. The molecule has 0 atom stereocenters. The molecule has 0 amide bonds. The maximum atomic E-state index is 4.28. The Morgan fingerprint density at radius 3 is 1.89 bits per heavy atom. The number of rotatable bonds is 11. The fourth-order valence-electron chi connectivity index (χ4n) is 2.40. The van der Waals surface area contributed by atoms with Crippen molar-refractivity contribution in [3.05, 3.63) is 12.4 Å². The molecule has 1 aliphatic rings. The minimum atomic E-state index is 0.945. The Hall–Kier alpha value is -0.310. The van der Waals surface area contributed by atoms with E-state index in [9.17, 15) is 0 Å². The van der Waals surface area contributed by atoms with E-state index in [2.05, 4.69) is 30.8 Å². The van der Waals surface area contributed by atoms with Gasteiger partial charge >= 0.3 is 0 Å². The number of hydrogen-bond acceptors (Lipinski definition) is 3. The van der Waals surface area contributed by atoms with Gasteiger partial charge < -0.3 is 9.21 Å². The monoisotopic (exact) mass is 270 g/mol. The van der Waals surface area contributed by atoms with E-state index in [0.29, 0.717) is 0 Å². The molecule has 0 aromatic carbocycles. The highest BCUT2D eigenvalue weighted by molar-refractivity contribution is 7.77. The molecule has 0 radical (unpaired) electrons. The highest BCUT2D eigenvalue weighted by atomic mass is 32.1. The van der Waals surface area contributed by atoms with E-state index in [0.717, 1.165) is 6.67 Å². The molecule has 0 fully saturated rings. The summed E-state index contributed by atoms with van der Waals surface area (Å²) in [6, 6.07) is 0. The van der Waals surface area contributed by atoms with Gasteiger partial charge in [0.15, 0.2) is 0 Å². The summed E-state index contributed by atoms with van der Waals surface area (Å²) in [6.45, 7) is 4.41. The van der Waals surface area contributed by atoms with Gasteiger partial charge in [-0.15, -0.1) is 0 Å². The van der Waals surface area contributed by atoms with Crippen LogP contribution in [0.4, 0.5) is 0 Å². The normalized spacial score (nSPS) is 14.8. The first kappa shape index (κ1) is 15.7. The second-order valence-electron chi connectivity index (χ2n) is 5.37. The summed E-state index contributed by atoms with van der Waals surface area (Å²) < 4.78 is 1.93. The van der Waals surface area contributed by atoms with Crippen molar-refractivity contribution in [1.29, 1.82) is 0 Å². The lowest BCUT2D eigenvalue weighted by Crippen LogP contribution is -2.20. The van der Waals surface area contributed by atoms with Crippen molar-refractivity contribution in [2.24, 2.45) is 0 Å². The van der Waals surface area contributed by atoms with Crippen LogP contribution in [0.25, 0.3) is 0 Å². The number of nitrogens with zero attached hydrogens (tertiary/aromatic N) is 2. The van der Waals surface area contributed by atoms with Crippen LogP contribution in [-0.2, 0) is 0 Å². The average molecular weight is 270 g/mol. The summed E-state index contributed by atoms with van der Waals surface area (Å²) in [5.41, 5.74) is 0. The molecule has 0 spiro atoms. The van der Waals surface area contributed by atoms with Crippen molar-refractivity contribution in [3.8, 4) is 0 Å². The molecule has 0 aromatic rings. The van der Waals surface area contributed by atoms with E-state index in [1.807, 2.05) is 10.5 Å². The summed E-state index contributed by atoms with van der Waals surface area (Å²) >= 11 is 4.28. The molecule has 1 heterocycles. The van der Waals surface area contributed by atoms with Gasteiger partial charge in [-0.1, -0.05) is 77.5 Å². The maximum absolute atomic E-state index is 4.28. The molecule has 0 saturated heterocycles. The molecule has 1 aliphatic heterocycles. The van der Waals surface area contributed by atoms with Crippen molar-refractivity contribution < 1.29 is 0 Å². The van der Waals surface area contributed by atoms with Crippen LogP contribution in [0.15, 0.2) is 12.4 Å². The van der Waals surface area contributed by atoms with Crippen molar-refractivity contribution >= 4 is 12.8 Å². The van der Waals surface area contributed by atoms with Gasteiger partial charge in [0.05, 0.1) is 6.67 Å². The molecule has 0 saturated carbocycles. The smallest absolute Gasteiger partial charge is 0.0997 e. The van der Waals surface area contributed by atoms with Gasteiger partial charge in [0, 0.05) is 18.9 Å². The summed E-state index contributed by atoms with van der Waals surface area (Å²) in [6.07, 6.45) is 18.3. The molecule has 0 N–H and O–H groups in total.